The van der Waals surface area contributed by atoms with Gasteiger partial charge in [0.25, 0.3) is 0 Å². The summed E-state index contributed by atoms with van der Waals surface area (Å²) in [7, 11) is 2.01. The van der Waals surface area contributed by atoms with Crippen LogP contribution in [0.4, 0.5) is 5.95 Å². The van der Waals surface area contributed by atoms with E-state index in [1.165, 1.54) is 19.2 Å². The number of H-pyrrole nitrogens is 1. The zero-order valence-electron chi connectivity index (χ0n) is 11.6. The van der Waals surface area contributed by atoms with Crippen molar-refractivity contribution in [3.63, 3.8) is 0 Å². The average Bonchev–Trinajstić information content (AvgIpc) is 2.99. The molecule has 2 aromatic rings. The predicted octanol–water partition coefficient (Wildman–Crippen LogP) is 0.697. The molecule has 1 aliphatic heterocycles. The van der Waals surface area contributed by atoms with Crippen molar-refractivity contribution in [2.24, 2.45) is 5.92 Å². The summed E-state index contributed by atoms with van der Waals surface area (Å²) in [6.07, 6.45) is 7.33. The molecule has 106 valence electrons. The molecule has 0 radical (unpaired) electrons. The number of hydrogen-bond acceptors (Lipinski definition) is 6. The molecule has 20 heavy (non-hydrogen) atoms. The Morgan fingerprint density at radius 3 is 2.75 bits per heavy atom. The minimum absolute atomic E-state index is 0.720. The molecule has 2 N–H and O–H groups in total. The van der Waals surface area contributed by atoms with Crippen molar-refractivity contribution in [1.29, 1.82) is 0 Å². The van der Waals surface area contributed by atoms with E-state index in [0.29, 0.717) is 0 Å². The molecule has 3 rings (SSSR count). The Bertz CT molecular complexity index is 531. The van der Waals surface area contributed by atoms with Gasteiger partial charge in [-0.05, 0) is 32.4 Å². The van der Waals surface area contributed by atoms with Crippen molar-refractivity contribution >= 4 is 5.95 Å². The summed E-state index contributed by atoms with van der Waals surface area (Å²) in [5, 5.41) is 10.5. The van der Waals surface area contributed by atoms with Gasteiger partial charge in [-0.3, -0.25) is 5.10 Å². The zero-order valence-corrected chi connectivity index (χ0v) is 11.6. The molecule has 1 saturated heterocycles. The van der Waals surface area contributed by atoms with Gasteiger partial charge >= 0.3 is 0 Å². The van der Waals surface area contributed by atoms with Crippen LogP contribution in [0.2, 0.25) is 0 Å². The molecular weight excluding hydrogens is 254 g/mol. The van der Waals surface area contributed by atoms with Crippen LogP contribution in [0.5, 0.6) is 0 Å². The molecule has 3 heterocycles. The quantitative estimate of drug-likeness (QED) is 0.853. The second-order valence-corrected chi connectivity index (χ2v) is 5.10. The first-order valence-corrected chi connectivity index (χ1v) is 6.94. The fraction of sp³-hybridized carbons (Fsp3) is 0.538. The van der Waals surface area contributed by atoms with Crippen molar-refractivity contribution in [3.8, 4) is 11.4 Å². The third-order valence-electron chi connectivity index (χ3n) is 3.70. The zero-order chi connectivity index (χ0) is 13.8. The van der Waals surface area contributed by atoms with E-state index in [1.54, 1.807) is 12.4 Å². The van der Waals surface area contributed by atoms with Gasteiger partial charge in [0.05, 0.1) is 5.56 Å². The van der Waals surface area contributed by atoms with Crippen LogP contribution in [-0.2, 0) is 0 Å². The monoisotopic (exact) mass is 273 g/mol. The van der Waals surface area contributed by atoms with E-state index in [1.807, 2.05) is 7.05 Å². The van der Waals surface area contributed by atoms with Crippen molar-refractivity contribution in [2.75, 3.05) is 31.6 Å². The van der Waals surface area contributed by atoms with Gasteiger partial charge in [0, 0.05) is 25.5 Å². The molecule has 0 atom stereocenters. The number of hydrogen-bond donors (Lipinski definition) is 2. The van der Waals surface area contributed by atoms with E-state index in [-0.39, 0.29) is 0 Å². The van der Waals surface area contributed by atoms with Gasteiger partial charge in [0.15, 0.2) is 5.82 Å². The van der Waals surface area contributed by atoms with Crippen molar-refractivity contribution < 1.29 is 0 Å². The molecule has 0 aromatic carbocycles. The number of rotatable bonds is 4. The molecule has 7 heteroatoms. The Morgan fingerprint density at radius 1 is 1.30 bits per heavy atom. The fourth-order valence-electron chi connectivity index (χ4n) is 2.57. The summed E-state index contributed by atoms with van der Waals surface area (Å²) in [5.41, 5.74) is 0.858. The molecule has 0 bridgehead atoms. The average molecular weight is 273 g/mol. The van der Waals surface area contributed by atoms with Crippen molar-refractivity contribution in [1.82, 2.24) is 30.5 Å². The van der Waals surface area contributed by atoms with E-state index in [0.717, 1.165) is 42.9 Å². The molecule has 0 aliphatic carbocycles. The molecule has 7 nitrogen and oxygen atoms in total. The minimum Gasteiger partial charge on any atom is -0.340 e. The van der Waals surface area contributed by atoms with Crippen LogP contribution in [0.15, 0.2) is 18.7 Å². The molecule has 1 fully saturated rings. The lowest BCUT2D eigenvalue weighted by Gasteiger charge is -2.30. The largest absolute Gasteiger partial charge is 0.340 e. The lowest BCUT2D eigenvalue weighted by molar-refractivity contribution is 0.391. The van der Waals surface area contributed by atoms with Crippen LogP contribution in [0.3, 0.4) is 0 Å². The third-order valence-corrected chi connectivity index (χ3v) is 3.70. The van der Waals surface area contributed by atoms with Gasteiger partial charge in [-0.1, -0.05) is 0 Å². The highest BCUT2D eigenvalue weighted by atomic mass is 15.4. The number of aromatic amines is 1. The molecule has 0 saturated carbocycles. The highest BCUT2D eigenvalue weighted by molar-refractivity contribution is 5.53. The summed E-state index contributed by atoms with van der Waals surface area (Å²) in [6.45, 7) is 3.11. The van der Waals surface area contributed by atoms with Gasteiger partial charge < -0.3 is 10.2 Å². The normalized spacial score (nSPS) is 16.6. The van der Waals surface area contributed by atoms with E-state index in [9.17, 15) is 0 Å². The fourth-order valence-corrected chi connectivity index (χ4v) is 2.57. The van der Waals surface area contributed by atoms with E-state index < -0.39 is 0 Å². The number of piperidine rings is 1. The van der Waals surface area contributed by atoms with E-state index in [2.05, 4.69) is 35.4 Å². The summed E-state index contributed by atoms with van der Waals surface area (Å²) < 4.78 is 0. The first-order chi connectivity index (χ1) is 9.86. The SMILES string of the molecule is CNCC1CCN(c2n[nH]c(-c3cncnc3)n2)CC1. The Hall–Kier alpha value is -2.02. The first kappa shape index (κ1) is 13.0. The van der Waals surface area contributed by atoms with Gasteiger partial charge in [0.2, 0.25) is 5.95 Å². The molecule has 0 spiro atoms. The first-order valence-electron chi connectivity index (χ1n) is 6.94. The van der Waals surface area contributed by atoms with E-state index >= 15 is 0 Å². The second-order valence-electron chi connectivity index (χ2n) is 5.10. The molecule has 2 aromatic heterocycles. The standard InChI is InChI=1S/C13H19N7/c1-14-6-10-2-4-20(5-3-10)13-17-12(18-19-13)11-7-15-9-16-8-11/h7-10,14H,2-6H2,1H3,(H,17,18,19). The number of anilines is 1. The van der Waals surface area contributed by atoms with Gasteiger partial charge in [-0.15, -0.1) is 5.10 Å². The summed E-state index contributed by atoms with van der Waals surface area (Å²) >= 11 is 0. The van der Waals surface area contributed by atoms with Gasteiger partial charge in [0.1, 0.15) is 6.33 Å². The van der Waals surface area contributed by atoms with Crippen LogP contribution < -0.4 is 10.2 Å². The Balaban J connectivity index is 1.66. The topological polar surface area (TPSA) is 82.6 Å². The Labute approximate surface area is 117 Å². The highest BCUT2D eigenvalue weighted by Crippen LogP contribution is 2.21. The lowest BCUT2D eigenvalue weighted by atomic mass is 9.97. The maximum atomic E-state index is 4.54. The Kier molecular flexibility index (Phi) is 3.87. The smallest absolute Gasteiger partial charge is 0.245 e. The van der Waals surface area contributed by atoms with Crippen LogP contribution in [-0.4, -0.2) is 51.8 Å². The minimum atomic E-state index is 0.720. The van der Waals surface area contributed by atoms with Crippen LogP contribution in [0.1, 0.15) is 12.8 Å². The number of aromatic nitrogens is 5. The Morgan fingerprint density at radius 2 is 2.05 bits per heavy atom. The van der Waals surface area contributed by atoms with Gasteiger partial charge in [-0.25, -0.2) is 9.97 Å². The lowest BCUT2D eigenvalue weighted by Crippen LogP contribution is -2.37. The van der Waals surface area contributed by atoms with E-state index in [4.69, 9.17) is 0 Å². The van der Waals surface area contributed by atoms with Crippen LogP contribution in [0, 0.1) is 5.92 Å². The third kappa shape index (κ3) is 2.77. The summed E-state index contributed by atoms with van der Waals surface area (Å²) in [4.78, 5) is 14.8. The highest BCUT2D eigenvalue weighted by Gasteiger charge is 2.21. The predicted molar refractivity (Wildman–Crippen MR) is 76.3 cm³/mol. The van der Waals surface area contributed by atoms with Crippen molar-refractivity contribution in [2.45, 2.75) is 12.8 Å². The van der Waals surface area contributed by atoms with Crippen molar-refractivity contribution in [3.05, 3.63) is 18.7 Å². The summed E-state index contributed by atoms with van der Waals surface area (Å²) in [5.74, 6) is 2.25. The maximum Gasteiger partial charge on any atom is 0.245 e. The number of nitrogens with one attached hydrogen (secondary N) is 2. The molecule has 0 unspecified atom stereocenters. The maximum absolute atomic E-state index is 4.54. The van der Waals surface area contributed by atoms with Crippen LogP contribution >= 0.6 is 0 Å². The summed E-state index contributed by atoms with van der Waals surface area (Å²) in [6, 6.07) is 0. The molecular formula is C13H19N7. The second kappa shape index (κ2) is 5.96. The molecule has 1 aliphatic rings. The van der Waals surface area contributed by atoms with Crippen LogP contribution in [0.25, 0.3) is 11.4 Å². The van der Waals surface area contributed by atoms with Gasteiger partial charge in [-0.2, -0.15) is 4.98 Å². The molecule has 0 amide bonds. The number of nitrogens with zero attached hydrogens (tertiary/aromatic N) is 5.